The summed E-state index contributed by atoms with van der Waals surface area (Å²) in [6, 6.07) is 1.81. The van der Waals surface area contributed by atoms with Gasteiger partial charge in [0.2, 0.25) is 10.0 Å². The van der Waals surface area contributed by atoms with E-state index in [1.807, 2.05) is 6.92 Å². The van der Waals surface area contributed by atoms with Crippen LogP contribution in [0.2, 0.25) is 0 Å². The minimum Gasteiger partial charge on any atom is -0.314 e. The minimum atomic E-state index is -3.62. The molecule has 1 aromatic rings. The molecule has 0 radical (unpaired) electrons. The van der Waals surface area contributed by atoms with E-state index in [9.17, 15) is 13.2 Å². The highest BCUT2D eigenvalue weighted by atomic mass is 32.2. The first-order chi connectivity index (χ1) is 12.0. The summed E-state index contributed by atoms with van der Waals surface area (Å²) < 4.78 is 27.0. The molecule has 0 spiro atoms. The largest absolute Gasteiger partial charge is 0.335 e. The number of nitrogens with one attached hydrogen (secondary N) is 2. The third-order valence-electron chi connectivity index (χ3n) is 5.68. The number of urea groups is 1. The lowest BCUT2D eigenvalue weighted by molar-refractivity contribution is 0.251. The van der Waals surface area contributed by atoms with Crippen LogP contribution in [0.25, 0.3) is 0 Å². The molecule has 0 saturated carbocycles. The van der Waals surface area contributed by atoms with Crippen molar-refractivity contribution < 1.29 is 13.2 Å². The Morgan fingerprint density at radius 2 is 1.76 bits per heavy atom. The number of anilines is 1. The van der Waals surface area contributed by atoms with Gasteiger partial charge in [0.05, 0.1) is 5.69 Å². The van der Waals surface area contributed by atoms with Crippen molar-refractivity contribution in [1.29, 1.82) is 0 Å². The van der Waals surface area contributed by atoms with E-state index in [0.29, 0.717) is 19.6 Å². The minimum absolute atomic E-state index is 0.408. The van der Waals surface area contributed by atoms with Gasteiger partial charge < -0.3 is 5.32 Å². The summed E-state index contributed by atoms with van der Waals surface area (Å²) in [6.07, 6.45) is 6.27. The molecule has 7 heteroatoms. The standard InChI is InChI=1S/C18H25N3O3S/c1-2-21(18(22)20-25(23,24)14-10-19-11-14)17-15-7-3-5-12(15)9-13-6-4-8-16(13)17/h9,14,19H,2-8,10-11H2,1H3,(H,20,22). The zero-order chi connectivity index (χ0) is 17.6. The lowest BCUT2D eigenvalue weighted by Crippen LogP contribution is -2.57. The molecule has 1 heterocycles. The molecule has 0 bridgehead atoms. The molecule has 2 aliphatic carbocycles. The van der Waals surface area contributed by atoms with Crippen LogP contribution in [0.4, 0.5) is 10.5 Å². The summed E-state index contributed by atoms with van der Waals surface area (Å²) in [7, 11) is -3.62. The van der Waals surface area contributed by atoms with E-state index in [2.05, 4.69) is 16.1 Å². The van der Waals surface area contributed by atoms with Gasteiger partial charge in [0.1, 0.15) is 5.25 Å². The molecular weight excluding hydrogens is 338 g/mol. The fraction of sp³-hybridized carbons (Fsp3) is 0.611. The number of carbonyl (C=O) groups is 1. The Balaban J connectivity index is 1.69. The number of hydrogen-bond acceptors (Lipinski definition) is 4. The van der Waals surface area contributed by atoms with Crippen LogP contribution in [-0.2, 0) is 35.7 Å². The molecule has 2 amide bonds. The van der Waals surface area contributed by atoms with E-state index in [1.165, 1.54) is 22.3 Å². The van der Waals surface area contributed by atoms with Gasteiger partial charge in [-0.05, 0) is 67.7 Å². The third-order valence-corrected chi connectivity index (χ3v) is 7.36. The van der Waals surface area contributed by atoms with Gasteiger partial charge in [-0.3, -0.25) is 4.90 Å². The quantitative estimate of drug-likeness (QED) is 0.850. The lowest BCUT2D eigenvalue weighted by Gasteiger charge is -2.30. The highest BCUT2D eigenvalue weighted by Crippen LogP contribution is 2.40. The highest BCUT2D eigenvalue weighted by Gasteiger charge is 2.35. The second-order valence-corrected chi connectivity index (χ2v) is 9.15. The van der Waals surface area contributed by atoms with Crippen LogP contribution in [0.5, 0.6) is 0 Å². The van der Waals surface area contributed by atoms with E-state index in [-0.39, 0.29) is 0 Å². The maximum absolute atomic E-state index is 12.8. The van der Waals surface area contributed by atoms with Crippen molar-refractivity contribution in [1.82, 2.24) is 10.0 Å². The summed E-state index contributed by atoms with van der Waals surface area (Å²) in [4.78, 5) is 14.5. The van der Waals surface area contributed by atoms with Crippen molar-refractivity contribution >= 4 is 21.7 Å². The molecule has 4 rings (SSSR count). The Morgan fingerprint density at radius 3 is 2.24 bits per heavy atom. The average molecular weight is 363 g/mol. The van der Waals surface area contributed by atoms with Gasteiger partial charge in [-0.2, -0.15) is 0 Å². The number of nitrogens with zero attached hydrogens (tertiary/aromatic N) is 1. The molecule has 1 saturated heterocycles. The van der Waals surface area contributed by atoms with Gasteiger partial charge in [0.15, 0.2) is 0 Å². The summed E-state index contributed by atoms with van der Waals surface area (Å²) >= 11 is 0. The van der Waals surface area contributed by atoms with Crippen molar-refractivity contribution in [3.05, 3.63) is 28.3 Å². The Labute approximate surface area is 149 Å². The summed E-state index contributed by atoms with van der Waals surface area (Å²) in [5, 5.41) is 2.43. The summed E-state index contributed by atoms with van der Waals surface area (Å²) in [6.45, 7) is 3.19. The van der Waals surface area contributed by atoms with Crippen molar-refractivity contribution in [3.8, 4) is 0 Å². The second-order valence-electron chi connectivity index (χ2n) is 7.18. The number of carbonyl (C=O) groups excluding carboxylic acids is 1. The van der Waals surface area contributed by atoms with Gasteiger partial charge in [-0.15, -0.1) is 0 Å². The number of sulfonamides is 1. The molecular formula is C18H25N3O3S. The number of rotatable bonds is 4. The number of benzene rings is 1. The van der Waals surface area contributed by atoms with Crippen LogP contribution < -0.4 is 14.9 Å². The first-order valence-corrected chi connectivity index (χ1v) is 10.8. The predicted molar refractivity (Wildman–Crippen MR) is 97.6 cm³/mol. The van der Waals surface area contributed by atoms with Gasteiger partial charge in [0, 0.05) is 19.6 Å². The van der Waals surface area contributed by atoms with Crippen molar-refractivity contribution in [2.75, 3.05) is 24.5 Å². The fourth-order valence-electron chi connectivity index (χ4n) is 4.26. The van der Waals surface area contributed by atoms with Gasteiger partial charge in [0.25, 0.3) is 0 Å². The summed E-state index contributed by atoms with van der Waals surface area (Å²) in [5.74, 6) is 0. The van der Waals surface area contributed by atoms with E-state index < -0.39 is 21.3 Å². The van der Waals surface area contributed by atoms with Crippen LogP contribution in [0.15, 0.2) is 6.07 Å². The number of hydrogen-bond donors (Lipinski definition) is 2. The topological polar surface area (TPSA) is 78.5 Å². The molecule has 136 valence electrons. The molecule has 3 aliphatic rings. The van der Waals surface area contributed by atoms with E-state index in [1.54, 1.807) is 4.90 Å². The Kier molecular flexibility index (Phi) is 4.24. The Hall–Kier alpha value is -1.60. The zero-order valence-electron chi connectivity index (χ0n) is 14.6. The third kappa shape index (κ3) is 2.83. The summed E-state index contributed by atoms with van der Waals surface area (Å²) in [5.41, 5.74) is 6.17. The first-order valence-electron chi connectivity index (χ1n) is 9.21. The molecule has 25 heavy (non-hydrogen) atoms. The van der Waals surface area contributed by atoms with Crippen molar-refractivity contribution in [3.63, 3.8) is 0 Å². The Morgan fingerprint density at radius 1 is 1.16 bits per heavy atom. The van der Waals surface area contributed by atoms with E-state index >= 15 is 0 Å². The smallest absolute Gasteiger partial charge is 0.314 e. The molecule has 0 aromatic heterocycles. The number of amides is 2. The molecule has 1 fully saturated rings. The van der Waals surface area contributed by atoms with E-state index in [0.717, 1.165) is 44.2 Å². The van der Waals surface area contributed by atoms with Crippen LogP contribution in [0.3, 0.4) is 0 Å². The van der Waals surface area contributed by atoms with Crippen molar-refractivity contribution in [2.24, 2.45) is 0 Å². The normalized spacial score (nSPS) is 19.2. The zero-order valence-corrected chi connectivity index (χ0v) is 15.4. The van der Waals surface area contributed by atoms with Gasteiger partial charge >= 0.3 is 6.03 Å². The van der Waals surface area contributed by atoms with Gasteiger partial charge in [-0.25, -0.2) is 17.9 Å². The number of aryl methyl sites for hydroxylation is 2. The predicted octanol–water partition coefficient (Wildman–Crippen LogP) is 1.50. The monoisotopic (exact) mass is 363 g/mol. The van der Waals surface area contributed by atoms with Crippen LogP contribution in [-0.4, -0.2) is 39.3 Å². The molecule has 1 aliphatic heterocycles. The van der Waals surface area contributed by atoms with Crippen molar-refractivity contribution in [2.45, 2.75) is 50.7 Å². The average Bonchev–Trinajstić information content (AvgIpc) is 3.12. The maximum atomic E-state index is 12.8. The fourth-order valence-corrected chi connectivity index (χ4v) is 5.45. The van der Waals surface area contributed by atoms with E-state index in [4.69, 9.17) is 0 Å². The second kappa shape index (κ2) is 6.29. The molecule has 0 unspecified atom stereocenters. The highest BCUT2D eigenvalue weighted by molar-refractivity contribution is 7.90. The van der Waals surface area contributed by atoms with Gasteiger partial charge in [-0.1, -0.05) is 6.07 Å². The molecule has 0 atom stereocenters. The molecule has 1 aromatic carbocycles. The number of fused-ring (bicyclic) bond motifs is 2. The van der Waals surface area contributed by atoms with Crippen LogP contribution in [0, 0.1) is 0 Å². The lowest BCUT2D eigenvalue weighted by atomic mass is 9.98. The maximum Gasteiger partial charge on any atom is 0.335 e. The first kappa shape index (κ1) is 16.8. The molecule has 6 nitrogen and oxygen atoms in total. The van der Waals surface area contributed by atoms with Crippen LogP contribution in [0.1, 0.15) is 42.0 Å². The Bertz CT molecular complexity index is 783. The SMILES string of the molecule is CCN(C(=O)NS(=O)(=O)C1CNC1)c1c2c(cc3c1CCC3)CCC2. The molecule has 2 N–H and O–H groups in total. The van der Waals surface area contributed by atoms with Crippen LogP contribution >= 0.6 is 0 Å².